The lowest BCUT2D eigenvalue weighted by Gasteiger charge is -2.34. The molecule has 1 aromatic rings. The number of morpholine rings is 1. The Kier molecular flexibility index (Phi) is 5.02. The largest absolute Gasteiger partial charge is 0.447 e. The molecule has 0 N–H and O–H groups in total. The first-order valence-electron chi connectivity index (χ1n) is 8.66. The van der Waals surface area contributed by atoms with E-state index in [9.17, 15) is 4.79 Å². The fourth-order valence-corrected chi connectivity index (χ4v) is 3.72. The van der Waals surface area contributed by atoms with E-state index in [1.165, 1.54) is 6.39 Å². The molecule has 1 aromatic heterocycles. The van der Waals surface area contributed by atoms with Crippen LogP contribution in [0.3, 0.4) is 0 Å². The van der Waals surface area contributed by atoms with Gasteiger partial charge >= 0.3 is 0 Å². The first-order chi connectivity index (χ1) is 11.1. The van der Waals surface area contributed by atoms with Crippen molar-refractivity contribution in [2.75, 3.05) is 39.4 Å². The predicted molar refractivity (Wildman–Crippen MR) is 86.5 cm³/mol. The summed E-state index contributed by atoms with van der Waals surface area (Å²) in [7, 11) is 0. The lowest BCUT2D eigenvalue weighted by molar-refractivity contribution is 0.0102. The standard InChI is InChI=1S/C17H27N3O3/c1-4-13-9-20(10-14(13)19-5-7-22-8-6-19)17(21)15-16(12(2)3)23-11-18-15/h11-14H,4-10H2,1-3H3/t13-,14-/m1/s1. The summed E-state index contributed by atoms with van der Waals surface area (Å²) in [5, 5.41) is 0. The minimum Gasteiger partial charge on any atom is -0.447 e. The summed E-state index contributed by atoms with van der Waals surface area (Å²) < 4.78 is 10.9. The van der Waals surface area contributed by atoms with E-state index in [4.69, 9.17) is 9.15 Å². The van der Waals surface area contributed by atoms with E-state index < -0.39 is 0 Å². The zero-order valence-corrected chi connectivity index (χ0v) is 14.3. The van der Waals surface area contributed by atoms with Crippen LogP contribution in [0.4, 0.5) is 0 Å². The molecule has 0 aliphatic carbocycles. The molecule has 0 spiro atoms. The van der Waals surface area contributed by atoms with Gasteiger partial charge < -0.3 is 14.1 Å². The Morgan fingerprint density at radius 2 is 2.09 bits per heavy atom. The molecule has 2 saturated heterocycles. The van der Waals surface area contributed by atoms with Crippen molar-refractivity contribution in [2.45, 2.75) is 39.2 Å². The first-order valence-corrected chi connectivity index (χ1v) is 8.66. The zero-order valence-electron chi connectivity index (χ0n) is 14.3. The summed E-state index contributed by atoms with van der Waals surface area (Å²) >= 11 is 0. The van der Waals surface area contributed by atoms with Gasteiger partial charge in [0.25, 0.3) is 5.91 Å². The second kappa shape index (κ2) is 7.01. The Labute approximate surface area is 137 Å². The van der Waals surface area contributed by atoms with E-state index in [2.05, 4.69) is 16.8 Å². The predicted octanol–water partition coefficient (Wildman–Crippen LogP) is 1.98. The van der Waals surface area contributed by atoms with Gasteiger partial charge in [-0.25, -0.2) is 4.98 Å². The molecular weight excluding hydrogens is 294 g/mol. The third kappa shape index (κ3) is 3.28. The van der Waals surface area contributed by atoms with Crippen molar-refractivity contribution < 1.29 is 13.9 Å². The summed E-state index contributed by atoms with van der Waals surface area (Å²) in [5.74, 6) is 1.39. The van der Waals surface area contributed by atoms with Crippen LogP contribution in [0.25, 0.3) is 0 Å². The molecule has 0 bridgehead atoms. The van der Waals surface area contributed by atoms with Gasteiger partial charge in [-0.2, -0.15) is 0 Å². The van der Waals surface area contributed by atoms with E-state index in [0.717, 1.165) is 45.8 Å². The second-order valence-corrected chi connectivity index (χ2v) is 6.81. The molecule has 0 aromatic carbocycles. The van der Waals surface area contributed by atoms with Crippen LogP contribution in [0, 0.1) is 5.92 Å². The maximum atomic E-state index is 12.9. The van der Waals surface area contributed by atoms with Crippen LogP contribution < -0.4 is 0 Å². The molecule has 2 aliphatic heterocycles. The van der Waals surface area contributed by atoms with Crippen molar-refractivity contribution in [3.8, 4) is 0 Å². The van der Waals surface area contributed by atoms with Crippen LogP contribution in [-0.2, 0) is 4.74 Å². The minimum absolute atomic E-state index is 0.0108. The van der Waals surface area contributed by atoms with E-state index in [0.29, 0.717) is 23.4 Å². The van der Waals surface area contributed by atoms with Gasteiger partial charge in [0.2, 0.25) is 0 Å². The van der Waals surface area contributed by atoms with E-state index in [-0.39, 0.29) is 11.8 Å². The van der Waals surface area contributed by atoms with Gasteiger partial charge in [-0.1, -0.05) is 27.2 Å². The van der Waals surface area contributed by atoms with E-state index in [1.807, 2.05) is 18.7 Å². The summed E-state index contributed by atoms with van der Waals surface area (Å²) in [6.45, 7) is 11.3. The second-order valence-electron chi connectivity index (χ2n) is 6.81. The monoisotopic (exact) mass is 321 g/mol. The minimum atomic E-state index is 0.0108. The molecule has 2 fully saturated rings. The average Bonchev–Trinajstić information content (AvgIpc) is 3.22. The summed E-state index contributed by atoms with van der Waals surface area (Å²) in [6.07, 6.45) is 2.47. The van der Waals surface area contributed by atoms with Gasteiger partial charge in [-0.3, -0.25) is 9.69 Å². The number of carbonyl (C=O) groups excluding carboxylic acids is 1. The molecule has 3 rings (SSSR count). The highest BCUT2D eigenvalue weighted by Gasteiger charge is 2.39. The fourth-order valence-electron chi connectivity index (χ4n) is 3.72. The van der Waals surface area contributed by atoms with Crippen LogP contribution >= 0.6 is 0 Å². The summed E-state index contributed by atoms with van der Waals surface area (Å²) in [4.78, 5) is 21.5. The molecule has 6 heteroatoms. The Hall–Kier alpha value is -1.40. The van der Waals surface area contributed by atoms with Crippen molar-refractivity contribution in [3.63, 3.8) is 0 Å². The highest BCUT2D eigenvalue weighted by atomic mass is 16.5. The number of likely N-dealkylation sites (tertiary alicyclic amines) is 1. The van der Waals surface area contributed by atoms with Crippen LogP contribution in [-0.4, -0.2) is 66.1 Å². The Bertz CT molecular complexity index is 537. The first kappa shape index (κ1) is 16.5. The molecule has 128 valence electrons. The zero-order chi connectivity index (χ0) is 16.4. The molecule has 23 heavy (non-hydrogen) atoms. The topological polar surface area (TPSA) is 58.8 Å². The molecular formula is C17H27N3O3. The highest BCUT2D eigenvalue weighted by Crippen LogP contribution is 2.28. The van der Waals surface area contributed by atoms with E-state index >= 15 is 0 Å². The molecule has 0 saturated carbocycles. The molecule has 0 unspecified atom stereocenters. The molecule has 2 aliphatic rings. The number of carbonyl (C=O) groups is 1. The lowest BCUT2D eigenvalue weighted by Crippen LogP contribution is -2.47. The third-order valence-corrected chi connectivity index (χ3v) is 5.05. The van der Waals surface area contributed by atoms with Crippen LogP contribution in [0.15, 0.2) is 10.8 Å². The van der Waals surface area contributed by atoms with Crippen molar-refractivity contribution in [3.05, 3.63) is 17.8 Å². The van der Waals surface area contributed by atoms with Crippen molar-refractivity contribution >= 4 is 5.91 Å². The van der Waals surface area contributed by atoms with Gasteiger partial charge in [0.05, 0.1) is 13.2 Å². The average molecular weight is 321 g/mol. The number of oxazole rings is 1. The molecule has 6 nitrogen and oxygen atoms in total. The number of ether oxygens (including phenoxy) is 1. The van der Waals surface area contributed by atoms with Crippen LogP contribution in [0.2, 0.25) is 0 Å². The maximum Gasteiger partial charge on any atom is 0.276 e. The van der Waals surface area contributed by atoms with Crippen LogP contribution in [0.5, 0.6) is 0 Å². The quantitative estimate of drug-likeness (QED) is 0.849. The van der Waals surface area contributed by atoms with Gasteiger partial charge in [0.1, 0.15) is 5.76 Å². The van der Waals surface area contributed by atoms with E-state index in [1.54, 1.807) is 0 Å². The Morgan fingerprint density at radius 3 is 2.74 bits per heavy atom. The number of aromatic nitrogens is 1. The Balaban J connectivity index is 1.73. The van der Waals surface area contributed by atoms with Crippen molar-refractivity contribution in [1.82, 2.24) is 14.8 Å². The van der Waals surface area contributed by atoms with Gasteiger partial charge in [-0.15, -0.1) is 0 Å². The smallest absolute Gasteiger partial charge is 0.276 e. The SMILES string of the molecule is CC[C@@H]1CN(C(=O)c2ncoc2C(C)C)C[C@H]1N1CCOCC1. The number of amides is 1. The number of hydrogen-bond acceptors (Lipinski definition) is 5. The van der Waals surface area contributed by atoms with Gasteiger partial charge in [0.15, 0.2) is 12.1 Å². The number of rotatable bonds is 4. The molecule has 1 amide bonds. The Morgan fingerprint density at radius 1 is 1.35 bits per heavy atom. The summed E-state index contributed by atoms with van der Waals surface area (Å²) in [5.41, 5.74) is 0.484. The fraction of sp³-hybridized carbons (Fsp3) is 0.765. The van der Waals surface area contributed by atoms with Gasteiger partial charge in [-0.05, 0) is 5.92 Å². The normalized spacial score (nSPS) is 26.2. The lowest BCUT2D eigenvalue weighted by atomic mass is 9.99. The molecule has 0 radical (unpaired) electrons. The van der Waals surface area contributed by atoms with Crippen molar-refractivity contribution in [2.24, 2.45) is 5.92 Å². The summed E-state index contributed by atoms with van der Waals surface area (Å²) in [6, 6.07) is 0.433. The highest BCUT2D eigenvalue weighted by molar-refractivity contribution is 5.93. The van der Waals surface area contributed by atoms with Crippen molar-refractivity contribution in [1.29, 1.82) is 0 Å². The number of nitrogens with zero attached hydrogens (tertiary/aromatic N) is 3. The number of hydrogen-bond donors (Lipinski definition) is 0. The molecule has 3 heterocycles. The third-order valence-electron chi connectivity index (χ3n) is 5.05. The van der Waals surface area contributed by atoms with Crippen LogP contribution in [0.1, 0.15) is 49.4 Å². The maximum absolute atomic E-state index is 12.9. The van der Waals surface area contributed by atoms with Gasteiger partial charge in [0, 0.05) is 38.1 Å². The molecule has 2 atom stereocenters.